The molecule has 1 aromatic rings. The molecule has 0 N–H and O–H groups in total. The van der Waals surface area contributed by atoms with Gasteiger partial charge in [0.1, 0.15) is 11.4 Å². The van der Waals surface area contributed by atoms with Crippen molar-refractivity contribution in [1.82, 2.24) is 19.8 Å². The minimum Gasteiger partial charge on any atom is -0.467 e. The van der Waals surface area contributed by atoms with Crippen LogP contribution in [-0.2, 0) is 9.53 Å². The molecule has 0 atom stereocenters. The molecule has 0 aliphatic carbocycles. The summed E-state index contributed by atoms with van der Waals surface area (Å²) in [6, 6.07) is 2.26. The van der Waals surface area contributed by atoms with Gasteiger partial charge in [-0.3, -0.25) is 4.79 Å². The second-order valence-corrected chi connectivity index (χ2v) is 8.88. The highest BCUT2D eigenvalue weighted by molar-refractivity contribution is 5.77. The average molecular weight is 420 g/mol. The van der Waals surface area contributed by atoms with Crippen LogP contribution in [-0.4, -0.2) is 83.7 Å². The molecular weight excluding hydrogens is 386 g/mol. The summed E-state index contributed by atoms with van der Waals surface area (Å²) in [5.41, 5.74) is -0.504. The van der Waals surface area contributed by atoms with E-state index in [4.69, 9.17) is 9.47 Å². The molecule has 9 nitrogen and oxygen atoms in total. The van der Waals surface area contributed by atoms with E-state index in [-0.39, 0.29) is 12.0 Å². The van der Waals surface area contributed by atoms with E-state index in [9.17, 15) is 9.59 Å². The van der Waals surface area contributed by atoms with E-state index in [2.05, 4.69) is 14.9 Å². The van der Waals surface area contributed by atoms with Gasteiger partial charge in [-0.15, -0.1) is 0 Å². The van der Waals surface area contributed by atoms with Gasteiger partial charge in [0.15, 0.2) is 0 Å². The molecule has 0 aromatic carbocycles. The zero-order valence-corrected chi connectivity index (χ0v) is 18.5. The van der Waals surface area contributed by atoms with E-state index in [1.807, 2.05) is 31.7 Å². The molecule has 166 valence electrons. The van der Waals surface area contributed by atoms with Gasteiger partial charge in [0.25, 0.3) is 0 Å². The molecule has 2 aliphatic heterocycles. The number of hydrogen-bond donors (Lipinski definition) is 0. The van der Waals surface area contributed by atoms with Gasteiger partial charge in [-0.1, -0.05) is 0 Å². The van der Waals surface area contributed by atoms with Crippen LogP contribution < -0.4 is 9.64 Å². The summed E-state index contributed by atoms with van der Waals surface area (Å²) in [5.74, 6) is 1.42. The molecule has 0 unspecified atom stereocenters. The third kappa shape index (κ3) is 5.96. The normalized spacial score (nSPS) is 18.3. The number of hydrogen-bond acceptors (Lipinski definition) is 7. The summed E-state index contributed by atoms with van der Waals surface area (Å²) in [7, 11) is 1.56. The first-order valence-corrected chi connectivity index (χ1v) is 10.6. The number of ether oxygens (including phenoxy) is 2. The van der Waals surface area contributed by atoms with Gasteiger partial charge >= 0.3 is 12.1 Å². The fourth-order valence-corrected chi connectivity index (χ4v) is 3.81. The predicted octanol–water partition coefficient (Wildman–Crippen LogP) is 2.17. The maximum atomic E-state index is 12.7. The van der Waals surface area contributed by atoms with Crippen LogP contribution in [0.4, 0.5) is 10.6 Å². The summed E-state index contributed by atoms with van der Waals surface area (Å²) in [5, 5.41) is 0. The maximum absolute atomic E-state index is 12.7. The molecule has 0 saturated carbocycles. The molecule has 2 amide bonds. The molecule has 3 rings (SSSR count). The monoisotopic (exact) mass is 419 g/mol. The summed E-state index contributed by atoms with van der Waals surface area (Å²) in [6.45, 7) is 9.49. The van der Waals surface area contributed by atoms with Crippen molar-refractivity contribution in [2.45, 2.75) is 45.6 Å². The zero-order chi connectivity index (χ0) is 21.7. The molecular formula is C21H33N5O4. The van der Waals surface area contributed by atoms with Crippen LogP contribution in [0.1, 0.15) is 40.0 Å². The van der Waals surface area contributed by atoms with Gasteiger partial charge in [-0.2, -0.15) is 4.98 Å². The number of piperidine rings is 1. The highest BCUT2D eigenvalue weighted by Crippen LogP contribution is 2.25. The van der Waals surface area contributed by atoms with Gasteiger partial charge in [-0.05, 0) is 45.6 Å². The van der Waals surface area contributed by atoms with E-state index in [1.165, 1.54) is 0 Å². The smallest absolute Gasteiger partial charge is 0.410 e. The third-order valence-electron chi connectivity index (χ3n) is 5.49. The second kappa shape index (κ2) is 9.49. The predicted molar refractivity (Wildman–Crippen MR) is 113 cm³/mol. The standard InChI is InChI=1S/C21H33N5O4/c1-21(2,3)30-20(28)26-13-11-25(12-14-26)18(27)15-16-6-9-24(10-7-16)17-5-8-22-19(23-17)29-4/h5,8,16H,6-7,9-15H2,1-4H3. The van der Waals surface area contributed by atoms with Crippen molar-refractivity contribution >= 4 is 17.8 Å². The van der Waals surface area contributed by atoms with Crippen molar-refractivity contribution in [2.75, 3.05) is 51.3 Å². The Hall–Kier alpha value is -2.58. The Bertz CT molecular complexity index is 735. The van der Waals surface area contributed by atoms with Crippen LogP contribution >= 0.6 is 0 Å². The second-order valence-electron chi connectivity index (χ2n) is 8.88. The summed E-state index contributed by atoms with van der Waals surface area (Å²) >= 11 is 0. The topological polar surface area (TPSA) is 88.1 Å². The van der Waals surface area contributed by atoms with Gasteiger partial charge < -0.3 is 24.2 Å². The quantitative estimate of drug-likeness (QED) is 0.739. The number of amides is 2. The maximum Gasteiger partial charge on any atom is 0.410 e. The van der Waals surface area contributed by atoms with Crippen molar-refractivity contribution in [1.29, 1.82) is 0 Å². The molecule has 30 heavy (non-hydrogen) atoms. The lowest BCUT2D eigenvalue weighted by atomic mass is 9.93. The molecule has 2 aliphatic rings. The number of methoxy groups -OCH3 is 1. The SMILES string of the molecule is COc1nccc(N2CCC(CC(=O)N3CCN(C(=O)OC(C)(C)C)CC3)CC2)n1. The Morgan fingerprint density at radius 1 is 1.07 bits per heavy atom. The van der Waals surface area contributed by atoms with E-state index >= 15 is 0 Å². The lowest BCUT2D eigenvalue weighted by molar-refractivity contribution is -0.134. The lowest BCUT2D eigenvalue weighted by Crippen LogP contribution is -2.52. The number of carbonyl (C=O) groups excluding carboxylic acids is 2. The lowest BCUT2D eigenvalue weighted by Gasteiger charge is -2.37. The molecule has 0 spiro atoms. The molecule has 1 aromatic heterocycles. The summed E-state index contributed by atoms with van der Waals surface area (Å²) in [4.78, 5) is 39.1. The van der Waals surface area contributed by atoms with E-state index in [0.717, 1.165) is 31.7 Å². The molecule has 0 radical (unpaired) electrons. The number of nitrogens with zero attached hydrogens (tertiary/aromatic N) is 5. The number of aromatic nitrogens is 2. The van der Waals surface area contributed by atoms with Crippen LogP contribution in [0.2, 0.25) is 0 Å². The molecule has 9 heteroatoms. The van der Waals surface area contributed by atoms with Crippen molar-refractivity contribution in [3.8, 4) is 6.01 Å². The van der Waals surface area contributed by atoms with Crippen LogP contribution in [0, 0.1) is 5.92 Å². The molecule has 0 bridgehead atoms. The zero-order valence-electron chi connectivity index (χ0n) is 18.5. The van der Waals surface area contributed by atoms with Crippen LogP contribution in [0.15, 0.2) is 12.3 Å². The van der Waals surface area contributed by atoms with Gasteiger partial charge in [-0.25, -0.2) is 9.78 Å². The number of anilines is 1. The first kappa shape index (κ1) is 22.1. The minimum absolute atomic E-state index is 0.181. The average Bonchev–Trinajstić information content (AvgIpc) is 2.73. The van der Waals surface area contributed by atoms with Crippen LogP contribution in [0.5, 0.6) is 6.01 Å². The minimum atomic E-state index is -0.504. The highest BCUT2D eigenvalue weighted by atomic mass is 16.6. The van der Waals surface area contributed by atoms with Gasteiger partial charge in [0.05, 0.1) is 7.11 Å². The van der Waals surface area contributed by atoms with E-state index < -0.39 is 5.60 Å². The van der Waals surface area contributed by atoms with Crippen molar-refractivity contribution < 1.29 is 19.1 Å². The van der Waals surface area contributed by atoms with Crippen molar-refractivity contribution in [3.05, 3.63) is 12.3 Å². The van der Waals surface area contributed by atoms with Gasteiger partial charge in [0.2, 0.25) is 5.91 Å². The Balaban J connectivity index is 1.41. The first-order valence-electron chi connectivity index (χ1n) is 10.6. The largest absolute Gasteiger partial charge is 0.467 e. The Morgan fingerprint density at radius 3 is 2.30 bits per heavy atom. The van der Waals surface area contributed by atoms with Gasteiger partial charge in [0, 0.05) is 51.9 Å². The Morgan fingerprint density at radius 2 is 1.70 bits per heavy atom. The first-order chi connectivity index (χ1) is 14.2. The van der Waals surface area contributed by atoms with E-state index in [0.29, 0.717) is 44.5 Å². The summed E-state index contributed by atoms with van der Waals surface area (Å²) < 4.78 is 10.5. The van der Waals surface area contributed by atoms with Crippen molar-refractivity contribution in [3.63, 3.8) is 0 Å². The molecule has 2 saturated heterocycles. The fourth-order valence-electron chi connectivity index (χ4n) is 3.81. The van der Waals surface area contributed by atoms with Crippen molar-refractivity contribution in [2.24, 2.45) is 5.92 Å². The number of piperazine rings is 1. The Labute approximate surface area is 178 Å². The third-order valence-corrected chi connectivity index (χ3v) is 5.49. The van der Waals surface area contributed by atoms with Crippen LogP contribution in [0.25, 0.3) is 0 Å². The van der Waals surface area contributed by atoms with Crippen LogP contribution in [0.3, 0.4) is 0 Å². The fraction of sp³-hybridized carbons (Fsp3) is 0.714. The number of rotatable bonds is 4. The van der Waals surface area contributed by atoms with E-state index in [1.54, 1.807) is 18.2 Å². The molecule has 2 fully saturated rings. The summed E-state index contributed by atoms with van der Waals surface area (Å²) in [6.07, 6.45) is 3.87. The highest BCUT2D eigenvalue weighted by Gasteiger charge is 2.29. The molecule has 3 heterocycles. The Kier molecular flexibility index (Phi) is 6.99. The number of carbonyl (C=O) groups is 2.